The minimum Gasteiger partial charge on any atom is -0.507 e. The number of nitrogens with zero attached hydrogens (tertiary/aromatic N) is 4. The van der Waals surface area contributed by atoms with Crippen molar-refractivity contribution in [1.82, 2.24) is 19.9 Å². The summed E-state index contributed by atoms with van der Waals surface area (Å²) >= 11 is 0. The fourth-order valence-corrected chi connectivity index (χ4v) is 5.73. The smallest absolute Gasteiger partial charge is 0.162 e. The van der Waals surface area contributed by atoms with Gasteiger partial charge in [-0.05, 0) is 58.1 Å². The summed E-state index contributed by atoms with van der Waals surface area (Å²) in [5.41, 5.74) is 8.27. The number of phenols is 1. The highest BCUT2D eigenvalue weighted by atomic mass is 16.3. The van der Waals surface area contributed by atoms with Crippen LogP contribution < -0.4 is 0 Å². The Balaban J connectivity index is 1.56. The molecule has 6 aromatic rings. The zero-order chi connectivity index (χ0) is 25.5. The van der Waals surface area contributed by atoms with Crippen molar-refractivity contribution in [3.8, 4) is 39.5 Å². The van der Waals surface area contributed by atoms with Gasteiger partial charge in [0.15, 0.2) is 5.82 Å². The Labute approximate surface area is 220 Å². The van der Waals surface area contributed by atoms with Gasteiger partial charge in [-0.3, -0.25) is 4.98 Å². The first-order valence-electron chi connectivity index (χ1n) is 12.4. The lowest BCUT2D eigenvalue weighted by Gasteiger charge is -2.33. The molecule has 180 valence electrons. The number of para-hydroxylation sites is 1. The third kappa shape index (κ3) is 3.26. The summed E-state index contributed by atoms with van der Waals surface area (Å²) in [4.78, 5) is 18.0. The predicted octanol–water partition coefficient (Wildman–Crippen LogP) is 6.67. The monoisotopic (exact) mass is 490 g/mol. The predicted molar refractivity (Wildman–Crippen MR) is 147 cm³/mol. The molecule has 5 nitrogen and oxygen atoms in total. The van der Waals surface area contributed by atoms with Crippen LogP contribution in [0.25, 0.3) is 33.8 Å². The summed E-state index contributed by atoms with van der Waals surface area (Å²) in [5, 5.41) is 10.6. The molecule has 0 atom stereocenters. The van der Waals surface area contributed by atoms with Crippen molar-refractivity contribution in [1.29, 1.82) is 0 Å². The lowest BCUT2D eigenvalue weighted by atomic mass is 9.69. The maximum Gasteiger partial charge on any atom is 0.162 e. The molecule has 0 radical (unpaired) electrons. The van der Waals surface area contributed by atoms with Crippen molar-refractivity contribution in [2.24, 2.45) is 0 Å². The maximum absolute atomic E-state index is 10.6. The summed E-state index contributed by atoms with van der Waals surface area (Å²) in [6.45, 7) is 0. The van der Waals surface area contributed by atoms with Crippen molar-refractivity contribution in [3.05, 3.63) is 150 Å². The van der Waals surface area contributed by atoms with Crippen LogP contribution in [0.3, 0.4) is 0 Å². The highest BCUT2D eigenvalue weighted by Crippen LogP contribution is 2.56. The minimum atomic E-state index is -0.684. The quantitative estimate of drug-likeness (QED) is 0.298. The average Bonchev–Trinajstić information content (AvgIpc) is 3.29. The molecule has 2 aromatic heterocycles. The van der Waals surface area contributed by atoms with Crippen LogP contribution in [0.2, 0.25) is 0 Å². The van der Waals surface area contributed by atoms with Gasteiger partial charge in [0.2, 0.25) is 0 Å². The summed E-state index contributed by atoms with van der Waals surface area (Å²) < 4.78 is 0. The van der Waals surface area contributed by atoms with E-state index in [1.807, 2.05) is 42.5 Å². The molecule has 0 saturated carbocycles. The zero-order valence-corrected chi connectivity index (χ0v) is 20.4. The van der Waals surface area contributed by atoms with E-state index >= 15 is 0 Å². The maximum atomic E-state index is 10.6. The molecule has 0 saturated heterocycles. The van der Waals surface area contributed by atoms with Gasteiger partial charge >= 0.3 is 0 Å². The van der Waals surface area contributed by atoms with E-state index in [2.05, 4.69) is 81.7 Å². The molecule has 0 amide bonds. The number of aromatic hydroxyl groups is 1. The number of aromatic nitrogens is 4. The van der Waals surface area contributed by atoms with E-state index in [-0.39, 0.29) is 5.75 Å². The molecule has 7 rings (SSSR count). The Morgan fingerprint density at radius 3 is 1.92 bits per heavy atom. The molecule has 4 aromatic carbocycles. The van der Waals surface area contributed by atoms with Crippen LogP contribution in [0.15, 0.2) is 128 Å². The second-order valence-corrected chi connectivity index (χ2v) is 9.31. The second-order valence-electron chi connectivity index (χ2n) is 9.31. The molecule has 5 heteroatoms. The number of fused-ring (bicyclic) bond motifs is 3. The number of phenolic OH excluding ortho intramolecular Hbond substituents is 1. The van der Waals surface area contributed by atoms with E-state index in [4.69, 9.17) is 4.98 Å². The van der Waals surface area contributed by atoms with E-state index < -0.39 is 5.41 Å². The van der Waals surface area contributed by atoms with Gasteiger partial charge in [-0.25, -0.2) is 15.0 Å². The number of rotatable bonds is 4. The lowest BCUT2D eigenvalue weighted by molar-refractivity contribution is 0.477. The first kappa shape index (κ1) is 22.1. The van der Waals surface area contributed by atoms with Crippen molar-refractivity contribution in [2.75, 3.05) is 0 Å². The molecular weight excluding hydrogens is 468 g/mol. The van der Waals surface area contributed by atoms with Crippen LogP contribution >= 0.6 is 0 Å². The summed E-state index contributed by atoms with van der Waals surface area (Å²) in [6, 6.07) is 38.8. The van der Waals surface area contributed by atoms with Gasteiger partial charge in [-0.2, -0.15) is 0 Å². The topological polar surface area (TPSA) is 71.8 Å². The Morgan fingerprint density at radius 2 is 1.21 bits per heavy atom. The van der Waals surface area contributed by atoms with Crippen molar-refractivity contribution >= 4 is 0 Å². The summed E-state index contributed by atoms with van der Waals surface area (Å²) in [7, 11) is 0. The SMILES string of the molecule is Oc1ccccc1-c1cccc(C2(c3cccc(-c4ncncn4)c3)c3ccccc3-c3ccccc32)n1. The van der Waals surface area contributed by atoms with E-state index in [1.165, 1.54) is 23.8 Å². The first-order chi connectivity index (χ1) is 18.8. The third-order valence-corrected chi connectivity index (χ3v) is 7.31. The van der Waals surface area contributed by atoms with Crippen LogP contribution in [0, 0.1) is 0 Å². The molecule has 0 spiro atoms. The van der Waals surface area contributed by atoms with Crippen molar-refractivity contribution < 1.29 is 5.11 Å². The molecule has 2 heterocycles. The van der Waals surface area contributed by atoms with Gasteiger partial charge in [-0.15, -0.1) is 0 Å². The standard InChI is InChI=1S/C33H22N4O/c38-30-17-6-3-13-26(30)29-16-8-18-31(37-29)33(23-10-7-9-22(19-23)32-35-20-34-21-36-32)27-14-4-1-11-24(27)25-12-2-5-15-28(25)33/h1-21,38H. The van der Waals surface area contributed by atoms with Crippen LogP contribution in [-0.4, -0.2) is 25.0 Å². The van der Waals surface area contributed by atoms with Crippen molar-refractivity contribution in [3.63, 3.8) is 0 Å². The number of hydrogen-bond donors (Lipinski definition) is 1. The van der Waals surface area contributed by atoms with Gasteiger partial charge < -0.3 is 5.11 Å². The van der Waals surface area contributed by atoms with Gasteiger partial charge in [0.1, 0.15) is 18.4 Å². The van der Waals surface area contributed by atoms with E-state index in [0.717, 1.165) is 33.6 Å². The number of benzene rings is 4. The summed E-state index contributed by atoms with van der Waals surface area (Å²) in [6.07, 6.45) is 3.03. The molecule has 1 aliphatic carbocycles. The van der Waals surface area contributed by atoms with Crippen molar-refractivity contribution in [2.45, 2.75) is 5.41 Å². The minimum absolute atomic E-state index is 0.204. The normalized spacial score (nSPS) is 13.1. The highest BCUT2D eigenvalue weighted by Gasteiger charge is 2.47. The molecule has 0 aliphatic heterocycles. The number of pyridine rings is 1. The molecular formula is C33H22N4O. The second kappa shape index (κ2) is 8.75. The average molecular weight is 491 g/mol. The molecule has 0 unspecified atom stereocenters. The molecule has 0 fully saturated rings. The first-order valence-corrected chi connectivity index (χ1v) is 12.4. The van der Waals surface area contributed by atoms with Gasteiger partial charge in [0, 0.05) is 11.1 Å². The molecule has 1 N–H and O–H groups in total. The molecule has 1 aliphatic rings. The van der Waals surface area contributed by atoms with Crippen LogP contribution in [0.4, 0.5) is 0 Å². The Kier molecular flexibility index (Phi) is 5.08. The van der Waals surface area contributed by atoms with Crippen LogP contribution in [-0.2, 0) is 5.41 Å². The number of hydrogen-bond acceptors (Lipinski definition) is 5. The van der Waals surface area contributed by atoms with E-state index in [9.17, 15) is 5.11 Å². The van der Waals surface area contributed by atoms with E-state index in [0.29, 0.717) is 11.4 Å². The lowest BCUT2D eigenvalue weighted by Crippen LogP contribution is -2.30. The fraction of sp³-hybridized carbons (Fsp3) is 0.0303. The Bertz CT molecular complexity index is 1750. The fourth-order valence-electron chi connectivity index (χ4n) is 5.73. The van der Waals surface area contributed by atoms with Gasteiger partial charge in [0.05, 0.1) is 16.8 Å². The summed E-state index contributed by atoms with van der Waals surface area (Å²) in [5.74, 6) is 0.822. The Morgan fingerprint density at radius 1 is 0.579 bits per heavy atom. The van der Waals surface area contributed by atoms with Gasteiger partial charge in [0.25, 0.3) is 0 Å². The molecule has 0 bridgehead atoms. The highest BCUT2D eigenvalue weighted by molar-refractivity contribution is 5.86. The van der Waals surface area contributed by atoms with Crippen LogP contribution in [0.1, 0.15) is 22.4 Å². The van der Waals surface area contributed by atoms with Gasteiger partial charge in [-0.1, -0.05) is 84.9 Å². The Hall–Kier alpha value is -5.16. The molecule has 38 heavy (non-hydrogen) atoms. The largest absolute Gasteiger partial charge is 0.507 e. The third-order valence-electron chi connectivity index (χ3n) is 7.31. The van der Waals surface area contributed by atoms with Crippen LogP contribution in [0.5, 0.6) is 5.75 Å². The zero-order valence-electron chi connectivity index (χ0n) is 20.4. The van der Waals surface area contributed by atoms with E-state index in [1.54, 1.807) is 6.07 Å².